The van der Waals surface area contributed by atoms with Crippen molar-refractivity contribution in [2.75, 3.05) is 23.7 Å². The first kappa shape index (κ1) is 31.8. The topological polar surface area (TPSA) is 86.8 Å². The van der Waals surface area contributed by atoms with Crippen LogP contribution in [0.15, 0.2) is 78.9 Å². The zero-order valence-corrected chi connectivity index (χ0v) is 25.0. The molecule has 2 amide bonds. The number of hydrogen-bond donors (Lipinski definition) is 1. The fraction of sp³-hybridized carbons (Fsp3) is 0.375. The summed E-state index contributed by atoms with van der Waals surface area (Å²) < 4.78 is 41.2. The van der Waals surface area contributed by atoms with E-state index >= 15 is 0 Å². The van der Waals surface area contributed by atoms with Gasteiger partial charge in [-0.25, -0.2) is 12.8 Å². The maximum absolute atomic E-state index is 14.8. The molecule has 0 bridgehead atoms. The maximum Gasteiger partial charge on any atom is 0.243 e. The first-order chi connectivity index (χ1) is 19.5. The number of amides is 2. The van der Waals surface area contributed by atoms with E-state index in [1.807, 2.05) is 63.2 Å². The lowest BCUT2D eigenvalue weighted by Gasteiger charge is -2.32. The standard InChI is InChI=1S/C32H40FN3O4S/c1-24(2)22-34-32(38)30(21-26-11-6-5-7-12-26)35(23-27-13-8-9-14-29(27)33)31(37)15-10-20-36(41(4,39)40)28-18-16-25(3)17-19-28/h5-9,11-14,16-19,24,30H,10,15,20-23H2,1-4H3,(H,34,38). The Labute approximate surface area is 243 Å². The van der Waals surface area contributed by atoms with Gasteiger partial charge in [0.1, 0.15) is 11.9 Å². The van der Waals surface area contributed by atoms with Crippen LogP contribution >= 0.6 is 0 Å². The summed E-state index contributed by atoms with van der Waals surface area (Å²) in [5.41, 5.74) is 2.68. The normalized spacial score (nSPS) is 12.1. The first-order valence-electron chi connectivity index (χ1n) is 13.8. The second-order valence-corrected chi connectivity index (χ2v) is 12.6. The van der Waals surface area contributed by atoms with E-state index < -0.39 is 21.9 Å². The Morgan fingerprint density at radius 3 is 2.17 bits per heavy atom. The van der Waals surface area contributed by atoms with Crippen molar-refractivity contribution in [2.24, 2.45) is 5.92 Å². The SMILES string of the molecule is Cc1ccc(N(CCCC(=O)N(Cc2ccccc2F)C(Cc2ccccc2)C(=O)NCC(C)C)S(C)(=O)=O)cc1. The highest BCUT2D eigenvalue weighted by atomic mass is 32.2. The number of halogens is 1. The number of nitrogens with one attached hydrogen (secondary N) is 1. The molecule has 41 heavy (non-hydrogen) atoms. The number of nitrogens with zero attached hydrogens (tertiary/aromatic N) is 2. The van der Waals surface area contributed by atoms with Gasteiger partial charge in [0.25, 0.3) is 0 Å². The molecule has 9 heteroatoms. The third kappa shape index (κ3) is 9.70. The number of sulfonamides is 1. The van der Waals surface area contributed by atoms with E-state index in [1.54, 1.807) is 30.3 Å². The molecule has 1 unspecified atom stereocenters. The van der Waals surface area contributed by atoms with Crippen molar-refractivity contribution in [3.05, 3.63) is 101 Å². The monoisotopic (exact) mass is 581 g/mol. The van der Waals surface area contributed by atoms with Crippen LogP contribution in [0.4, 0.5) is 10.1 Å². The van der Waals surface area contributed by atoms with Gasteiger partial charge in [0.05, 0.1) is 11.9 Å². The Kier molecular flexibility index (Phi) is 11.5. The van der Waals surface area contributed by atoms with Gasteiger partial charge in [-0.05, 0) is 43.0 Å². The Hall–Kier alpha value is -3.72. The summed E-state index contributed by atoms with van der Waals surface area (Å²) in [4.78, 5) is 28.7. The average molecular weight is 582 g/mol. The van der Waals surface area contributed by atoms with Crippen LogP contribution in [-0.4, -0.2) is 50.5 Å². The molecule has 0 spiro atoms. The molecule has 0 fully saturated rings. The van der Waals surface area contributed by atoms with E-state index in [0.29, 0.717) is 17.8 Å². The van der Waals surface area contributed by atoms with Crippen molar-refractivity contribution in [2.45, 2.75) is 52.6 Å². The van der Waals surface area contributed by atoms with Gasteiger partial charge in [0.15, 0.2) is 0 Å². The molecular formula is C32H40FN3O4S. The van der Waals surface area contributed by atoms with Crippen LogP contribution in [0.1, 0.15) is 43.4 Å². The van der Waals surface area contributed by atoms with Crippen LogP contribution in [0.25, 0.3) is 0 Å². The summed E-state index contributed by atoms with van der Waals surface area (Å²) in [7, 11) is -3.59. The second kappa shape index (κ2) is 14.8. The highest BCUT2D eigenvalue weighted by Crippen LogP contribution is 2.21. The van der Waals surface area contributed by atoms with E-state index in [9.17, 15) is 22.4 Å². The molecular weight excluding hydrogens is 541 g/mol. The molecule has 0 saturated heterocycles. The zero-order valence-electron chi connectivity index (χ0n) is 24.2. The molecule has 3 rings (SSSR count). The maximum atomic E-state index is 14.8. The summed E-state index contributed by atoms with van der Waals surface area (Å²) >= 11 is 0. The lowest BCUT2D eigenvalue weighted by molar-refractivity contribution is -0.141. The van der Waals surface area contributed by atoms with Gasteiger partial charge in [0, 0.05) is 38.0 Å². The summed E-state index contributed by atoms with van der Waals surface area (Å²) in [5, 5.41) is 2.94. The molecule has 0 heterocycles. The fourth-order valence-corrected chi connectivity index (χ4v) is 5.47. The summed E-state index contributed by atoms with van der Waals surface area (Å²) in [6.45, 7) is 6.31. The Morgan fingerprint density at radius 2 is 1.56 bits per heavy atom. The molecule has 0 aliphatic carbocycles. The lowest BCUT2D eigenvalue weighted by atomic mass is 10.0. The van der Waals surface area contributed by atoms with Crippen molar-refractivity contribution in [1.82, 2.24) is 10.2 Å². The minimum absolute atomic E-state index is 0.0188. The summed E-state index contributed by atoms with van der Waals surface area (Å²) in [6, 6.07) is 21.8. The first-order valence-corrected chi connectivity index (χ1v) is 15.7. The molecule has 7 nitrogen and oxygen atoms in total. The van der Waals surface area contributed by atoms with Crippen LogP contribution in [0.3, 0.4) is 0 Å². The lowest BCUT2D eigenvalue weighted by Crippen LogP contribution is -2.51. The molecule has 0 saturated carbocycles. The van der Waals surface area contributed by atoms with Crippen LogP contribution in [-0.2, 0) is 32.6 Å². The molecule has 0 aromatic heterocycles. The number of benzene rings is 3. The number of aryl methyl sites for hydroxylation is 1. The quantitative estimate of drug-likeness (QED) is 0.287. The molecule has 0 aliphatic rings. The van der Waals surface area contributed by atoms with Crippen molar-refractivity contribution in [1.29, 1.82) is 0 Å². The fourth-order valence-electron chi connectivity index (χ4n) is 4.50. The van der Waals surface area contributed by atoms with Crippen LogP contribution in [0.5, 0.6) is 0 Å². The van der Waals surface area contributed by atoms with Crippen molar-refractivity contribution in [3.63, 3.8) is 0 Å². The van der Waals surface area contributed by atoms with Crippen molar-refractivity contribution in [3.8, 4) is 0 Å². The van der Waals surface area contributed by atoms with Gasteiger partial charge in [-0.1, -0.05) is 80.1 Å². The Bertz CT molecular complexity index is 1400. The Balaban J connectivity index is 1.88. The highest BCUT2D eigenvalue weighted by Gasteiger charge is 2.31. The number of hydrogen-bond acceptors (Lipinski definition) is 4. The largest absolute Gasteiger partial charge is 0.354 e. The number of anilines is 1. The van der Waals surface area contributed by atoms with Gasteiger partial charge in [-0.2, -0.15) is 0 Å². The number of rotatable bonds is 14. The van der Waals surface area contributed by atoms with Gasteiger partial charge in [0.2, 0.25) is 21.8 Å². The molecule has 220 valence electrons. The van der Waals surface area contributed by atoms with Gasteiger partial charge >= 0.3 is 0 Å². The highest BCUT2D eigenvalue weighted by molar-refractivity contribution is 7.92. The van der Waals surface area contributed by atoms with E-state index in [2.05, 4.69) is 5.32 Å². The molecule has 3 aromatic rings. The molecule has 0 radical (unpaired) electrons. The van der Waals surface area contributed by atoms with Crippen molar-refractivity contribution >= 4 is 27.5 Å². The third-order valence-electron chi connectivity index (χ3n) is 6.73. The second-order valence-electron chi connectivity index (χ2n) is 10.7. The van der Waals surface area contributed by atoms with Crippen LogP contribution < -0.4 is 9.62 Å². The summed E-state index contributed by atoms with van der Waals surface area (Å²) in [6.07, 6.45) is 1.59. The van der Waals surface area contributed by atoms with Crippen LogP contribution in [0, 0.1) is 18.7 Å². The third-order valence-corrected chi connectivity index (χ3v) is 7.92. The summed E-state index contributed by atoms with van der Waals surface area (Å²) in [5.74, 6) is -0.930. The van der Waals surface area contributed by atoms with Crippen LogP contribution in [0.2, 0.25) is 0 Å². The smallest absolute Gasteiger partial charge is 0.243 e. The predicted octanol–water partition coefficient (Wildman–Crippen LogP) is 5.09. The van der Waals surface area contributed by atoms with E-state index in [-0.39, 0.29) is 50.1 Å². The van der Waals surface area contributed by atoms with E-state index in [4.69, 9.17) is 0 Å². The number of carbonyl (C=O) groups is 2. The molecule has 0 aliphatic heterocycles. The average Bonchev–Trinajstić information content (AvgIpc) is 2.93. The molecule has 1 N–H and O–H groups in total. The van der Waals surface area contributed by atoms with E-state index in [1.165, 1.54) is 15.3 Å². The van der Waals surface area contributed by atoms with Gasteiger partial charge < -0.3 is 10.2 Å². The zero-order chi connectivity index (χ0) is 30.0. The van der Waals surface area contributed by atoms with Crippen molar-refractivity contribution < 1.29 is 22.4 Å². The Morgan fingerprint density at radius 1 is 0.927 bits per heavy atom. The molecule has 3 aromatic carbocycles. The van der Waals surface area contributed by atoms with E-state index in [0.717, 1.165) is 17.4 Å². The minimum Gasteiger partial charge on any atom is -0.354 e. The van der Waals surface area contributed by atoms with Gasteiger partial charge in [-0.3, -0.25) is 13.9 Å². The minimum atomic E-state index is -3.59. The molecule has 1 atom stereocenters. The van der Waals surface area contributed by atoms with Gasteiger partial charge in [-0.15, -0.1) is 0 Å². The number of carbonyl (C=O) groups excluding carboxylic acids is 2. The predicted molar refractivity (Wildman–Crippen MR) is 161 cm³/mol.